The number of nitrogens with one attached hydrogen (secondary N) is 1. The van der Waals surface area contributed by atoms with E-state index >= 15 is 0 Å². The van der Waals surface area contributed by atoms with E-state index in [1.54, 1.807) is 51.1 Å². The molecule has 0 fully saturated rings. The molecule has 2 rings (SSSR count). The predicted molar refractivity (Wildman–Crippen MR) is 115 cm³/mol. The summed E-state index contributed by atoms with van der Waals surface area (Å²) < 4.78 is 67.8. The quantitative estimate of drug-likeness (QED) is 0.567. The van der Waals surface area contributed by atoms with Crippen LogP contribution in [0.15, 0.2) is 47.4 Å². The molecule has 1 N–H and O–H groups in total. The first-order chi connectivity index (χ1) is 15.0. The predicted octanol–water partition coefficient (Wildman–Crippen LogP) is 4.03. The number of rotatable bonds is 10. The molecular formula is C22H27F3N2O4S. The van der Waals surface area contributed by atoms with Crippen LogP contribution >= 0.6 is 0 Å². The maximum absolute atomic E-state index is 12.7. The van der Waals surface area contributed by atoms with Gasteiger partial charge in [-0.1, -0.05) is 44.2 Å². The molecule has 32 heavy (non-hydrogen) atoms. The lowest BCUT2D eigenvalue weighted by atomic mass is 10.1. The van der Waals surface area contributed by atoms with Crippen LogP contribution in [0.4, 0.5) is 13.2 Å². The van der Waals surface area contributed by atoms with E-state index in [-0.39, 0.29) is 23.6 Å². The Hall–Kier alpha value is -2.43. The van der Waals surface area contributed by atoms with Gasteiger partial charge >= 0.3 is 6.18 Å². The van der Waals surface area contributed by atoms with Crippen molar-refractivity contribution in [1.29, 1.82) is 0 Å². The van der Waals surface area contributed by atoms with Crippen LogP contribution in [0.2, 0.25) is 0 Å². The van der Waals surface area contributed by atoms with Crippen molar-refractivity contribution in [2.24, 2.45) is 0 Å². The molecule has 176 valence electrons. The summed E-state index contributed by atoms with van der Waals surface area (Å²) in [4.78, 5) is 12.7. The van der Waals surface area contributed by atoms with E-state index in [0.717, 1.165) is 5.56 Å². The second-order valence-electron chi connectivity index (χ2n) is 7.17. The maximum atomic E-state index is 12.7. The van der Waals surface area contributed by atoms with Crippen LogP contribution < -0.4 is 5.32 Å². The molecule has 0 aliphatic heterocycles. The standard InChI is InChI=1S/C22H27F3N2O4S/c1-4-27(5-2)32(29,30)19-11-6-16(3)20(12-19)21(28)26-13-17-7-9-18(10-8-17)14-31-15-22(23,24)25/h6-12H,4-5,13-15H2,1-3H3,(H,26,28). The third-order valence-electron chi connectivity index (χ3n) is 4.81. The van der Waals surface area contributed by atoms with Gasteiger partial charge in [0.2, 0.25) is 10.0 Å². The number of aryl methyl sites for hydroxylation is 1. The van der Waals surface area contributed by atoms with Crippen molar-refractivity contribution < 1.29 is 31.1 Å². The van der Waals surface area contributed by atoms with Crippen molar-refractivity contribution in [1.82, 2.24) is 9.62 Å². The summed E-state index contributed by atoms with van der Waals surface area (Å²) in [5.41, 5.74) is 2.21. The first-order valence-corrected chi connectivity index (χ1v) is 11.5. The normalized spacial score (nSPS) is 12.2. The molecule has 0 unspecified atom stereocenters. The van der Waals surface area contributed by atoms with E-state index in [4.69, 9.17) is 0 Å². The highest BCUT2D eigenvalue weighted by molar-refractivity contribution is 7.89. The van der Waals surface area contributed by atoms with Gasteiger partial charge in [0.25, 0.3) is 5.91 Å². The number of carbonyl (C=O) groups excluding carboxylic acids is 1. The summed E-state index contributed by atoms with van der Waals surface area (Å²) in [5, 5.41) is 2.75. The zero-order chi connectivity index (χ0) is 23.9. The molecule has 0 saturated heterocycles. The molecule has 0 heterocycles. The molecular weight excluding hydrogens is 445 g/mol. The monoisotopic (exact) mass is 472 g/mol. The summed E-state index contributed by atoms with van der Waals surface area (Å²) in [5.74, 6) is -0.420. The third kappa shape index (κ3) is 7.04. The second-order valence-corrected chi connectivity index (χ2v) is 9.11. The molecule has 0 aliphatic rings. The average molecular weight is 473 g/mol. The maximum Gasteiger partial charge on any atom is 0.411 e. The molecule has 0 aromatic heterocycles. The molecule has 1 amide bonds. The van der Waals surface area contributed by atoms with Crippen LogP contribution in [0.5, 0.6) is 0 Å². The van der Waals surface area contributed by atoms with E-state index in [1.165, 1.54) is 16.4 Å². The lowest BCUT2D eigenvalue weighted by molar-refractivity contribution is -0.176. The fourth-order valence-electron chi connectivity index (χ4n) is 3.03. The van der Waals surface area contributed by atoms with Gasteiger partial charge in [-0.05, 0) is 35.7 Å². The minimum atomic E-state index is -4.37. The topological polar surface area (TPSA) is 75.7 Å². The van der Waals surface area contributed by atoms with Crippen molar-refractivity contribution in [3.63, 3.8) is 0 Å². The first kappa shape index (κ1) is 25.8. The number of ether oxygens (including phenoxy) is 1. The summed E-state index contributed by atoms with van der Waals surface area (Å²) in [6.45, 7) is 4.56. The van der Waals surface area contributed by atoms with Crippen LogP contribution in [0.3, 0.4) is 0 Å². The Kier molecular flexibility index (Phi) is 8.82. The van der Waals surface area contributed by atoms with Crippen molar-refractivity contribution in [2.45, 2.75) is 45.0 Å². The Morgan fingerprint density at radius 1 is 1.03 bits per heavy atom. The van der Waals surface area contributed by atoms with Gasteiger partial charge in [-0.25, -0.2) is 8.42 Å². The van der Waals surface area contributed by atoms with Gasteiger partial charge in [0.05, 0.1) is 11.5 Å². The fraction of sp³-hybridized carbons (Fsp3) is 0.409. The van der Waals surface area contributed by atoms with Crippen LogP contribution in [0, 0.1) is 6.92 Å². The van der Waals surface area contributed by atoms with Crippen LogP contribution in [-0.2, 0) is 27.9 Å². The lowest BCUT2D eigenvalue weighted by Crippen LogP contribution is -2.31. The summed E-state index contributed by atoms with van der Waals surface area (Å²) in [6.07, 6.45) is -4.37. The van der Waals surface area contributed by atoms with Crippen molar-refractivity contribution in [2.75, 3.05) is 19.7 Å². The largest absolute Gasteiger partial charge is 0.411 e. The Balaban J connectivity index is 2.04. The minimum Gasteiger partial charge on any atom is -0.367 e. The highest BCUT2D eigenvalue weighted by atomic mass is 32.2. The van der Waals surface area contributed by atoms with Crippen molar-refractivity contribution >= 4 is 15.9 Å². The van der Waals surface area contributed by atoms with Gasteiger partial charge < -0.3 is 10.1 Å². The smallest absolute Gasteiger partial charge is 0.367 e. The van der Waals surface area contributed by atoms with Gasteiger partial charge in [0, 0.05) is 25.2 Å². The molecule has 0 atom stereocenters. The van der Waals surface area contributed by atoms with Crippen molar-refractivity contribution in [3.8, 4) is 0 Å². The number of benzene rings is 2. The number of hydrogen-bond donors (Lipinski definition) is 1. The third-order valence-corrected chi connectivity index (χ3v) is 6.85. The van der Waals surface area contributed by atoms with Crippen LogP contribution in [-0.4, -0.2) is 44.5 Å². The summed E-state index contributed by atoms with van der Waals surface area (Å²) in [7, 11) is -3.69. The zero-order valence-corrected chi connectivity index (χ0v) is 19.0. The number of halogens is 3. The highest BCUT2D eigenvalue weighted by Crippen LogP contribution is 2.20. The first-order valence-electron chi connectivity index (χ1n) is 10.1. The van der Waals surface area contributed by atoms with Gasteiger partial charge in [0.1, 0.15) is 6.61 Å². The number of alkyl halides is 3. The Morgan fingerprint density at radius 3 is 2.19 bits per heavy atom. The number of amides is 1. The molecule has 0 bridgehead atoms. The molecule has 0 saturated carbocycles. The Bertz CT molecular complexity index is 1020. The highest BCUT2D eigenvalue weighted by Gasteiger charge is 2.27. The molecule has 2 aromatic carbocycles. The number of carbonyl (C=O) groups is 1. The molecule has 0 aliphatic carbocycles. The Morgan fingerprint density at radius 2 is 1.62 bits per heavy atom. The van der Waals surface area contributed by atoms with E-state index < -0.39 is 28.7 Å². The van der Waals surface area contributed by atoms with E-state index in [2.05, 4.69) is 10.1 Å². The molecule has 0 spiro atoms. The fourth-order valence-corrected chi connectivity index (χ4v) is 4.52. The average Bonchev–Trinajstić information content (AvgIpc) is 2.73. The van der Waals surface area contributed by atoms with E-state index in [9.17, 15) is 26.4 Å². The van der Waals surface area contributed by atoms with Crippen LogP contribution in [0.25, 0.3) is 0 Å². The van der Waals surface area contributed by atoms with Gasteiger partial charge in [-0.15, -0.1) is 0 Å². The molecule has 2 aromatic rings. The van der Waals surface area contributed by atoms with Crippen LogP contribution in [0.1, 0.15) is 40.9 Å². The number of hydrogen-bond acceptors (Lipinski definition) is 4. The second kappa shape index (κ2) is 10.9. The van der Waals surface area contributed by atoms with Gasteiger partial charge in [-0.3, -0.25) is 4.79 Å². The minimum absolute atomic E-state index is 0.0557. The van der Waals surface area contributed by atoms with Gasteiger partial charge in [0.15, 0.2) is 0 Å². The SMILES string of the molecule is CCN(CC)S(=O)(=O)c1ccc(C)c(C(=O)NCc2ccc(COCC(F)(F)F)cc2)c1. The lowest BCUT2D eigenvalue weighted by Gasteiger charge is -2.19. The molecule has 0 radical (unpaired) electrons. The summed E-state index contributed by atoms with van der Waals surface area (Å²) in [6, 6.07) is 11.1. The van der Waals surface area contributed by atoms with Gasteiger partial charge in [-0.2, -0.15) is 17.5 Å². The number of nitrogens with zero attached hydrogens (tertiary/aromatic N) is 1. The molecule has 6 nitrogen and oxygen atoms in total. The summed E-state index contributed by atoms with van der Waals surface area (Å²) >= 11 is 0. The molecule has 10 heteroatoms. The number of sulfonamides is 1. The zero-order valence-electron chi connectivity index (χ0n) is 18.2. The Labute approximate surface area is 186 Å². The van der Waals surface area contributed by atoms with E-state index in [0.29, 0.717) is 24.2 Å². The van der Waals surface area contributed by atoms with E-state index in [1.807, 2.05) is 0 Å². The van der Waals surface area contributed by atoms with Crippen molar-refractivity contribution in [3.05, 3.63) is 64.7 Å².